The Morgan fingerprint density at radius 2 is 2.18 bits per heavy atom. The van der Waals surface area contributed by atoms with E-state index in [0.29, 0.717) is 6.54 Å². The molecule has 0 unspecified atom stereocenters. The van der Waals surface area contributed by atoms with E-state index in [1.165, 1.54) is 0 Å². The minimum atomic E-state index is 0.716. The molecule has 0 bridgehead atoms. The molecule has 0 aliphatic rings. The fourth-order valence-electron chi connectivity index (χ4n) is 1.50. The monoisotopic (exact) mass is 313 g/mol. The van der Waals surface area contributed by atoms with Gasteiger partial charge in [-0.3, -0.25) is 4.68 Å². The number of halogens is 2. The molecule has 2 aromatic rings. The minimum absolute atomic E-state index is 0.716. The summed E-state index contributed by atoms with van der Waals surface area (Å²) in [7, 11) is 1.93. The van der Waals surface area contributed by atoms with Gasteiger partial charge in [0, 0.05) is 34.8 Å². The molecule has 5 heteroatoms. The fourth-order valence-corrected chi connectivity index (χ4v) is 2.32. The Balaban J connectivity index is 2.07. The molecule has 0 saturated carbocycles. The lowest BCUT2D eigenvalue weighted by atomic mass is 10.2. The number of aromatic nitrogens is 2. The second kappa shape index (κ2) is 5.10. The zero-order valence-corrected chi connectivity index (χ0v) is 12.0. The molecule has 1 N–H and O–H groups in total. The third kappa shape index (κ3) is 3.01. The van der Waals surface area contributed by atoms with Crippen molar-refractivity contribution in [3.63, 3.8) is 0 Å². The van der Waals surface area contributed by atoms with Gasteiger partial charge in [0.15, 0.2) is 0 Å². The minimum Gasteiger partial charge on any atom is -0.364 e. The molecule has 0 saturated heterocycles. The molecule has 3 nitrogen and oxygen atoms in total. The van der Waals surface area contributed by atoms with Gasteiger partial charge in [-0.2, -0.15) is 5.10 Å². The summed E-state index contributed by atoms with van der Waals surface area (Å²) in [6, 6.07) is 7.79. The van der Waals surface area contributed by atoms with Gasteiger partial charge in [0.05, 0.1) is 0 Å². The first kappa shape index (κ1) is 12.5. The summed E-state index contributed by atoms with van der Waals surface area (Å²) in [6.45, 7) is 2.74. The van der Waals surface area contributed by atoms with E-state index in [1.807, 2.05) is 42.9 Å². The highest BCUT2D eigenvalue weighted by Gasteiger charge is 2.03. The van der Waals surface area contributed by atoms with Crippen molar-refractivity contribution in [3.8, 4) is 0 Å². The summed E-state index contributed by atoms with van der Waals surface area (Å²) in [6.07, 6.45) is 0. The number of aryl methyl sites for hydroxylation is 2. The highest BCUT2D eigenvalue weighted by Crippen LogP contribution is 2.22. The molecule has 17 heavy (non-hydrogen) atoms. The van der Waals surface area contributed by atoms with Crippen LogP contribution in [-0.2, 0) is 13.6 Å². The van der Waals surface area contributed by atoms with Gasteiger partial charge >= 0.3 is 0 Å². The Bertz CT molecular complexity index is 517. The Morgan fingerprint density at radius 1 is 1.41 bits per heavy atom. The van der Waals surface area contributed by atoms with E-state index < -0.39 is 0 Å². The fraction of sp³-hybridized carbons (Fsp3) is 0.250. The van der Waals surface area contributed by atoms with Crippen LogP contribution in [0.3, 0.4) is 0 Å². The van der Waals surface area contributed by atoms with Crippen LogP contribution in [0, 0.1) is 6.92 Å². The second-order valence-electron chi connectivity index (χ2n) is 3.88. The summed E-state index contributed by atoms with van der Waals surface area (Å²) in [5.74, 6) is 0.881. The van der Waals surface area contributed by atoms with Crippen molar-refractivity contribution >= 4 is 33.3 Å². The van der Waals surface area contributed by atoms with Crippen molar-refractivity contribution in [2.45, 2.75) is 13.5 Å². The average molecular weight is 315 g/mol. The van der Waals surface area contributed by atoms with Crippen LogP contribution in [0.1, 0.15) is 11.3 Å². The van der Waals surface area contributed by atoms with Gasteiger partial charge < -0.3 is 5.32 Å². The predicted molar refractivity (Wildman–Crippen MR) is 74.4 cm³/mol. The molecule has 0 fully saturated rings. The van der Waals surface area contributed by atoms with Crippen LogP contribution in [0.25, 0.3) is 0 Å². The Morgan fingerprint density at radius 3 is 2.76 bits per heavy atom. The highest BCUT2D eigenvalue weighted by atomic mass is 79.9. The van der Waals surface area contributed by atoms with Crippen LogP contribution in [0.5, 0.6) is 0 Å². The third-order valence-corrected chi connectivity index (χ3v) is 3.56. The molecule has 0 radical (unpaired) electrons. The molecule has 0 aliphatic heterocycles. The lowest BCUT2D eigenvalue weighted by Crippen LogP contribution is -2.01. The standard InChI is InChI=1S/C12H13BrClN3/c1-8-5-12(16-17(8)2)15-7-9-3-4-10(14)6-11(9)13/h3-6H,7H2,1-2H3,(H,15,16). The Hall–Kier alpha value is -1.00. The van der Waals surface area contributed by atoms with Crippen molar-refractivity contribution in [2.24, 2.45) is 7.05 Å². The molecule has 1 aromatic carbocycles. The first-order valence-electron chi connectivity index (χ1n) is 5.24. The van der Waals surface area contributed by atoms with E-state index in [1.54, 1.807) is 0 Å². The van der Waals surface area contributed by atoms with E-state index in [-0.39, 0.29) is 0 Å². The maximum atomic E-state index is 5.89. The van der Waals surface area contributed by atoms with Crippen molar-refractivity contribution in [3.05, 3.63) is 45.0 Å². The first-order chi connectivity index (χ1) is 8.06. The van der Waals surface area contributed by atoms with E-state index in [4.69, 9.17) is 11.6 Å². The quantitative estimate of drug-likeness (QED) is 0.935. The van der Waals surface area contributed by atoms with Crippen LogP contribution < -0.4 is 5.32 Å². The molecule has 0 spiro atoms. The highest BCUT2D eigenvalue weighted by molar-refractivity contribution is 9.10. The normalized spacial score (nSPS) is 10.6. The molecular weight excluding hydrogens is 302 g/mol. The molecule has 0 aliphatic carbocycles. The SMILES string of the molecule is Cc1cc(NCc2ccc(Cl)cc2Br)nn1C. The molecule has 1 heterocycles. The Kier molecular flexibility index (Phi) is 3.74. The van der Waals surface area contributed by atoms with Gasteiger partial charge in [-0.05, 0) is 24.6 Å². The summed E-state index contributed by atoms with van der Waals surface area (Å²) in [5.41, 5.74) is 2.28. The smallest absolute Gasteiger partial charge is 0.148 e. The summed E-state index contributed by atoms with van der Waals surface area (Å²) < 4.78 is 2.85. The number of anilines is 1. The molecular formula is C12H13BrClN3. The zero-order chi connectivity index (χ0) is 12.4. The van der Waals surface area contributed by atoms with Crippen molar-refractivity contribution in [2.75, 3.05) is 5.32 Å². The van der Waals surface area contributed by atoms with Crippen molar-refractivity contribution in [1.29, 1.82) is 0 Å². The predicted octanol–water partition coefficient (Wildman–Crippen LogP) is 3.76. The van der Waals surface area contributed by atoms with E-state index in [9.17, 15) is 0 Å². The molecule has 0 atom stereocenters. The molecule has 1 aromatic heterocycles. The van der Waals surface area contributed by atoms with E-state index in [0.717, 1.165) is 26.6 Å². The van der Waals surface area contributed by atoms with Gasteiger partial charge in [0.1, 0.15) is 5.82 Å². The number of nitrogens with one attached hydrogen (secondary N) is 1. The van der Waals surface area contributed by atoms with Crippen LogP contribution >= 0.6 is 27.5 Å². The summed E-state index contributed by atoms with van der Waals surface area (Å²) in [5, 5.41) is 8.35. The lowest BCUT2D eigenvalue weighted by molar-refractivity contribution is 0.741. The van der Waals surface area contributed by atoms with Gasteiger partial charge in [0.25, 0.3) is 0 Å². The average Bonchev–Trinajstić information content (AvgIpc) is 2.57. The van der Waals surface area contributed by atoms with Gasteiger partial charge in [-0.15, -0.1) is 0 Å². The van der Waals surface area contributed by atoms with E-state index >= 15 is 0 Å². The van der Waals surface area contributed by atoms with Gasteiger partial charge in [-0.25, -0.2) is 0 Å². The largest absolute Gasteiger partial charge is 0.364 e. The maximum absolute atomic E-state index is 5.89. The van der Waals surface area contributed by atoms with Crippen LogP contribution in [0.15, 0.2) is 28.7 Å². The third-order valence-electron chi connectivity index (χ3n) is 2.59. The number of benzene rings is 1. The number of nitrogens with zero attached hydrogens (tertiary/aromatic N) is 2. The topological polar surface area (TPSA) is 29.9 Å². The summed E-state index contributed by atoms with van der Waals surface area (Å²) in [4.78, 5) is 0. The Labute approximate surface area is 114 Å². The second-order valence-corrected chi connectivity index (χ2v) is 5.17. The summed E-state index contributed by atoms with van der Waals surface area (Å²) >= 11 is 9.38. The van der Waals surface area contributed by atoms with Gasteiger partial charge in [0.2, 0.25) is 0 Å². The van der Waals surface area contributed by atoms with Crippen molar-refractivity contribution in [1.82, 2.24) is 9.78 Å². The first-order valence-corrected chi connectivity index (χ1v) is 6.42. The van der Waals surface area contributed by atoms with Crippen LogP contribution in [-0.4, -0.2) is 9.78 Å². The maximum Gasteiger partial charge on any atom is 0.148 e. The molecule has 0 amide bonds. The molecule has 90 valence electrons. The van der Waals surface area contributed by atoms with Crippen molar-refractivity contribution < 1.29 is 0 Å². The number of hydrogen-bond acceptors (Lipinski definition) is 2. The van der Waals surface area contributed by atoms with Crippen LogP contribution in [0.4, 0.5) is 5.82 Å². The molecule has 2 rings (SSSR count). The van der Waals surface area contributed by atoms with E-state index in [2.05, 4.69) is 26.3 Å². The van der Waals surface area contributed by atoms with Gasteiger partial charge in [-0.1, -0.05) is 33.6 Å². The van der Waals surface area contributed by atoms with Crippen LogP contribution in [0.2, 0.25) is 5.02 Å². The number of hydrogen-bond donors (Lipinski definition) is 1. The number of rotatable bonds is 3. The lowest BCUT2D eigenvalue weighted by Gasteiger charge is -2.06. The zero-order valence-electron chi connectivity index (χ0n) is 9.67.